The first kappa shape index (κ1) is 25.5. The first-order chi connectivity index (χ1) is 18.4. The van der Waals surface area contributed by atoms with E-state index in [9.17, 15) is 9.59 Å². The highest BCUT2D eigenvalue weighted by Crippen LogP contribution is 2.47. The molecule has 1 saturated heterocycles. The van der Waals surface area contributed by atoms with Crippen molar-refractivity contribution in [3.05, 3.63) is 80.8 Å². The number of ether oxygens (including phenoxy) is 1. The van der Waals surface area contributed by atoms with Gasteiger partial charge < -0.3 is 10.1 Å². The van der Waals surface area contributed by atoms with E-state index >= 15 is 0 Å². The van der Waals surface area contributed by atoms with Gasteiger partial charge in [0.25, 0.3) is 0 Å². The van der Waals surface area contributed by atoms with E-state index < -0.39 is 0 Å². The molecular formula is C29H26Cl3N3O3. The molecule has 1 saturated carbocycles. The van der Waals surface area contributed by atoms with E-state index in [1.807, 2.05) is 30.3 Å². The van der Waals surface area contributed by atoms with Crippen LogP contribution in [0.25, 0.3) is 11.1 Å². The smallest absolute Gasteiger partial charge is 0.326 e. The summed E-state index contributed by atoms with van der Waals surface area (Å²) in [7, 11) is 1.44. The van der Waals surface area contributed by atoms with Gasteiger partial charge in [0, 0.05) is 47.7 Å². The number of para-hydroxylation sites is 1. The van der Waals surface area contributed by atoms with Gasteiger partial charge in [-0.15, -0.1) is 0 Å². The summed E-state index contributed by atoms with van der Waals surface area (Å²) in [4.78, 5) is 30.2. The third-order valence-corrected chi connectivity index (χ3v) is 8.72. The summed E-state index contributed by atoms with van der Waals surface area (Å²) in [6, 6.07) is 17.1. The second-order valence-electron chi connectivity index (χ2n) is 10.0. The van der Waals surface area contributed by atoms with E-state index in [-0.39, 0.29) is 23.8 Å². The molecule has 6 rings (SSSR count). The Morgan fingerprint density at radius 2 is 1.66 bits per heavy atom. The molecule has 0 spiro atoms. The number of esters is 1. The average Bonchev–Trinajstić information content (AvgIpc) is 3.67. The molecular weight excluding hydrogens is 545 g/mol. The van der Waals surface area contributed by atoms with Gasteiger partial charge in [-0.2, -0.15) is 0 Å². The number of hydrogen-bond acceptors (Lipinski definition) is 4. The van der Waals surface area contributed by atoms with Crippen LogP contribution in [0.1, 0.15) is 29.9 Å². The molecule has 196 valence electrons. The predicted octanol–water partition coefficient (Wildman–Crippen LogP) is 7.03. The number of nitrogens with one attached hydrogen (secondary N) is 1. The monoisotopic (exact) mass is 569 g/mol. The molecule has 0 aromatic heterocycles. The minimum absolute atomic E-state index is 0.108. The predicted molar refractivity (Wildman–Crippen MR) is 151 cm³/mol. The summed E-state index contributed by atoms with van der Waals surface area (Å²) >= 11 is 19.9. The summed E-state index contributed by atoms with van der Waals surface area (Å²) in [5.74, 6) is -0.644. The molecule has 38 heavy (non-hydrogen) atoms. The van der Waals surface area contributed by atoms with Crippen LogP contribution in [0.4, 0.5) is 16.2 Å². The number of fused-ring (bicyclic) bond motifs is 1. The highest BCUT2D eigenvalue weighted by atomic mass is 35.5. The van der Waals surface area contributed by atoms with Gasteiger partial charge in [0.05, 0.1) is 34.4 Å². The first-order valence-corrected chi connectivity index (χ1v) is 13.8. The van der Waals surface area contributed by atoms with E-state index in [4.69, 9.17) is 39.5 Å². The Bertz CT molecular complexity index is 1420. The van der Waals surface area contributed by atoms with Crippen molar-refractivity contribution >= 4 is 58.2 Å². The van der Waals surface area contributed by atoms with Crippen LogP contribution in [-0.2, 0) is 16.1 Å². The average molecular weight is 571 g/mol. The number of carbonyl (C=O) groups is 2. The van der Waals surface area contributed by atoms with Crippen LogP contribution in [0.2, 0.25) is 15.1 Å². The van der Waals surface area contributed by atoms with Crippen molar-refractivity contribution in [1.82, 2.24) is 10.2 Å². The van der Waals surface area contributed by atoms with Crippen LogP contribution < -0.4 is 10.2 Å². The van der Waals surface area contributed by atoms with E-state index in [2.05, 4.69) is 16.3 Å². The minimum atomic E-state index is -0.328. The quantitative estimate of drug-likeness (QED) is 0.335. The van der Waals surface area contributed by atoms with Crippen molar-refractivity contribution in [1.29, 1.82) is 0 Å². The zero-order valence-electron chi connectivity index (χ0n) is 20.7. The van der Waals surface area contributed by atoms with Crippen molar-refractivity contribution in [3.63, 3.8) is 0 Å². The molecule has 6 nitrogen and oxygen atoms in total. The van der Waals surface area contributed by atoms with Crippen molar-refractivity contribution in [2.75, 3.05) is 25.1 Å². The van der Waals surface area contributed by atoms with Crippen LogP contribution in [0.15, 0.2) is 54.6 Å². The minimum Gasteiger partial charge on any atom is -0.469 e. The molecule has 9 heteroatoms. The topological polar surface area (TPSA) is 61.9 Å². The van der Waals surface area contributed by atoms with E-state index in [1.54, 1.807) is 18.2 Å². The van der Waals surface area contributed by atoms with Crippen molar-refractivity contribution in [3.8, 4) is 11.1 Å². The number of benzene rings is 3. The van der Waals surface area contributed by atoms with Gasteiger partial charge >= 0.3 is 12.0 Å². The van der Waals surface area contributed by atoms with Crippen LogP contribution in [-0.4, -0.2) is 43.1 Å². The Morgan fingerprint density at radius 3 is 2.34 bits per heavy atom. The number of amides is 2. The maximum absolute atomic E-state index is 13.4. The lowest BCUT2D eigenvalue weighted by Crippen LogP contribution is -2.42. The van der Waals surface area contributed by atoms with Gasteiger partial charge in [-0.3, -0.25) is 14.6 Å². The van der Waals surface area contributed by atoms with E-state index in [0.29, 0.717) is 45.6 Å². The number of likely N-dealkylation sites (tertiary alicyclic amines) is 1. The molecule has 1 N–H and O–H groups in total. The molecule has 1 aliphatic carbocycles. The van der Waals surface area contributed by atoms with Crippen LogP contribution in [0, 0.1) is 5.92 Å². The molecule has 2 aliphatic heterocycles. The number of urea groups is 1. The molecule has 1 unspecified atom stereocenters. The summed E-state index contributed by atoms with van der Waals surface area (Å²) < 4.78 is 5.22. The highest BCUT2D eigenvalue weighted by Gasteiger charge is 2.45. The fourth-order valence-corrected chi connectivity index (χ4v) is 6.58. The lowest BCUT2D eigenvalue weighted by Gasteiger charge is -2.34. The number of rotatable bonds is 5. The summed E-state index contributed by atoms with van der Waals surface area (Å²) in [5, 5.41) is 4.29. The molecule has 2 heterocycles. The van der Waals surface area contributed by atoms with Gasteiger partial charge in [-0.25, -0.2) is 4.79 Å². The third-order valence-electron chi connectivity index (χ3n) is 7.78. The van der Waals surface area contributed by atoms with Gasteiger partial charge in [0.15, 0.2) is 0 Å². The molecule has 0 bridgehead atoms. The third kappa shape index (κ3) is 4.43. The standard InChI is InChI=1S/C29H26Cl3N3O3/c1-38-28(36)22-15-34(17-9-10-17)14-21(22)16-11-19(18-5-2-3-6-23(18)30)20-13-33-29(37)35(26(20)12-16)27-24(31)7-4-8-25(27)32/h2-8,11-12,17,21-22H,9-10,13-15H2,1H3,(H,33,37)/t21?,22-/m0/s1. The van der Waals surface area contributed by atoms with E-state index in [0.717, 1.165) is 41.6 Å². The number of nitrogens with zero attached hydrogens (tertiary/aromatic N) is 2. The number of carbonyl (C=O) groups excluding carboxylic acids is 2. The normalized spacial score (nSPS) is 21.3. The Morgan fingerprint density at radius 1 is 0.947 bits per heavy atom. The van der Waals surface area contributed by atoms with Gasteiger partial charge in [0.1, 0.15) is 0 Å². The lowest BCUT2D eigenvalue weighted by molar-refractivity contribution is -0.145. The first-order valence-electron chi connectivity index (χ1n) is 12.6. The second kappa shape index (κ2) is 10.1. The highest BCUT2D eigenvalue weighted by molar-refractivity contribution is 6.40. The van der Waals surface area contributed by atoms with Crippen molar-refractivity contribution in [2.24, 2.45) is 5.92 Å². The maximum atomic E-state index is 13.4. The Labute approximate surface area is 236 Å². The van der Waals surface area contributed by atoms with Crippen LogP contribution >= 0.6 is 34.8 Å². The largest absolute Gasteiger partial charge is 0.469 e. The number of halogens is 3. The fraction of sp³-hybridized carbons (Fsp3) is 0.310. The Balaban J connectivity index is 1.57. The van der Waals surface area contributed by atoms with E-state index in [1.165, 1.54) is 12.0 Å². The summed E-state index contributed by atoms with van der Waals surface area (Å²) in [6.07, 6.45) is 2.29. The molecule has 0 radical (unpaired) electrons. The second-order valence-corrected chi connectivity index (χ2v) is 11.3. The zero-order chi connectivity index (χ0) is 26.6. The molecule has 2 atom stereocenters. The maximum Gasteiger partial charge on any atom is 0.326 e. The lowest BCUT2D eigenvalue weighted by atomic mass is 9.84. The van der Waals surface area contributed by atoms with Gasteiger partial charge in [-0.1, -0.05) is 65.1 Å². The van der Waals surface area contributed by atoms with Crippen LogP contribution in [0.3, 0.4) is 0 Å². The molecule has 2 fully saturated rings. The van der Waals surface area contributed by atoms with Gasteiger partial charge in [0.2, 0.25) is 0 Å². The molecule has 3 aliphatic rings. The fourth-order valence-electron chi connectivity index (χ4n) is 5.77. The number of anilines is 2. The molecule has 3 aromatic carbocycles. The number of hydrogen-bond donors (Lipinski definition) is 1. The Hall–Kier alpha value is -2.77. The number of methoxy groups -OCH3 is 1. The summed E-state index contributed by atoms with van der Waals surface area (Å²) in [5.41, 5.74) is 4.66. The molecule has 2 amide bonds. The summed E-state index contributed by atoms with van der Waals surface area (Å²) in [6.45, 7) is 1.71. The zero-order valence-corrected chi connectivity index (χ0v) is 23.0. The van der Waals surface area contributed by atoms with Gasteiger partial charge in [-0.05, 0) is 48.2 Å². The Kier molecular flexibility index (Phi) is 6.77. The molecule has 3 aromatic rings. The SMILES string of the molecule is COC(=O)[C@H]1CN(C2CC2)CC1c1cc(-c2ccccc2Cl)c2c(c1)N(c1c(Cl)cccc1Cl)C(=O)NC2. The van der Waals surface area contributed by atoms with Crippen molar-refractivity contribution < 1.29 is 14.3 Å². The van der Waals surface area contributed by atoms with Crippen molar-refractivity contribution in [2.45, 2.75) is 31.3 Å². The van der Waals surface area contributed by atoms with Crippen LogP contribution in [0.5, 0.6) is 0 Å².